The van der Waals surface area contributed by atoms with Crippen molar-refractivity contribution in [3.63, 3.8) is 0 Å². The molecule has 0 aliphatic rings. The average Bonchev–Trinajstić information content (AvgIpc) is 2.92. The number of hydrogen-bond acceptors (Lipinski definition) is 3. The molecule has 0 aliphatic carbocycles. The lowest BCUT2D eigenvalue weighted by atomic mass is 9.91. The molecule has 0 radical (unpaired) electrons. The van der Waals surface area contributed by atoms with E-state index in [1.165, 1.54) is 0 Å². The lowest BCUT2D eigenvalue weighted by Crippen LogP contribution is -2.26. The van der Waals surface area contributed by atoms with Gasteiger partial charge in [0.25, 0.3) is 0 Å². The van der Waals surface area contributed by atoms with E-state index >= 15 is 0 Å². The van der Waals surface area contributed by atoms with E-state index in [0.717, 1.165) is 17.7 Å². The Labute approximate surface area is 107 Å². The van der Waals surface area contributed by atoms with Crippen molar-refractivity contribution in [1.82, 2.24) is 0 Å². The highest BCUT2D eigenvalue weighted by Crippen LogP contribution is 2.21. The predicted octanol–water partition coefficient (Wildman–Crippen LogP) is 2.32. The Hall–Kier alpha value is -1.58. The molecule has 0 spiro atoms. The lowest BCUT2D eigenvalue weighted by Gasteiger charge is -2.21. The summed E-state index contributed by atoms with van der Waals surface area (Å²) in [6.45, 7) is 0.448. The highest BCUT2D eigenvalue weighted by molar-refractivity contribution is 5.21. The maximum Gasteiger partial charge on any atom is 0.103 e. The highest BCUT2D eigenvalue weighted by Gasteiger charge is 2.19. The molecule has 3 N–H and O–H groups in total. The van der Waals surface area contributed by atoms with Gasteiger partial charge in [0.1, 0.15) is 5.76 Å². The first-order valence-corrected chi connectivity index (χ1v) is 6.26. The maximum absolute atomic E-state index is 10.2. The zero-order valence-electron chi connectivity index (χ0n) is 10.3. The third-order valence-electron chi connectivity index (χ3n) is 3.21. The molecular weight excluding hydrogens is 226 g/mol. The Balaban J connectivity index is 1.95. The zero-order valence-corrected chi connectivity index (χ0v) is 10.3. The van der Waals surface area contributed by atoms with Crippen molar-refractivity contribution >= 4 is 0 Å². The van der Waals surface area contributed by atoms with Crippen LogP contribution in [0.5, 0.6) is 0 Å². The van der Waals surface area contributed by atoms with E-state index in [4.69, 9.17) is 10.2 Å². The number of rotatable bonds is 6. The molecule has 1 aromatic carbocycles. The van der Waals surface area contributed by atoms with Crippen LogP contribution in [0.1, 0.15) is 23.7 Å². The Kier molecular flexibility index (Phi) is 4.56. The van der Waals surface area contributed by atoms with Gasteiger partial charge in [0.2, 0.25) is 0 Å². The van der Waals surface area contributed by atoms with Crippen molar-refractivity contribution in [2.75, 3.05) is 6.54 Å². The van der Waals surface area contributed by atoms with E-state index in [9.17, 15) is 5.11 Å². The van der Waals surface area contributed by atoms with Gasteiger partial charge in [0.15, 0.2) is 0 Å². The third-order valence-corrected chi connectivity index (χ3v) is 3.21. The predicted molar refractivity (Wildman–Crippen MR) is 71.3 cm³/mol. The molecule has 0 amide bonds. The van der Waals surface area contributed by atoms with Crippen molar-refractivity contribution in [1.29, 1.82) is 0 Å². The van der Waals surface area contributed by atoms with Crippen molar-refractivity contribution in [3.05, 3.63) is 60.1 Å². The number of aliphatic hydroxyl groups is 1. The van der Waals surface area contributed by atoms with Gasteiger partial charge in [-0.3, -0.25) is 0 Å². The fourth-order valence-corrected chi connectivity index (χ4v) is 2.16. The first-order chi connectivity index (χ1) is 8.81. The minimum atomic E-state index is -0.442. The molecule has 1 aromatic heterocycles. The number of furan rings is 1. The minimum Gasteiger partial charge on any atom is -0.469 e. The van der Waals surface area contributed by atoms with Gasteiger partial charge in [-0.05, 0) is 24.1 Å². The second-order valence-electron chi connectivity index (χ2n) is 4.44. The molecule has 2 unspecified atom stereocenters. The van der Waals surface area contributed by atoms with E-state index in [1.807, 2.05) is 42.5 Å². The number of hydrogen-bond donors (Lipinski definition) is 2. The van der Waals surface area contributed by atoms with Gasteiger partial charge in [-0.15, -0.1) is 0 Å². The molecule has 0 aliphatic heterocycles. The van der Waals surface area contributed by atoms with Crippen molar-refractivity contribution in [2.24, 2.45) is 5.73 Å². The van der Waals surface area contributed by atoms with Gasteiger partial charge in [-0.25, -0.2) is 0 Å². The van der Waals surface area contributed by atoms with Crippen LogP contribution in [0, 0.1) is 0 Å². The largest absolute Gasteiger partial charge is 0.469 e. The topological polar surface area (TPSA) is 59.4 Å². The maximum atomic E-state index is 10.2. The first kappa shape index (κ1) is 12.9. The molecule has 96 valence electrons. The van der Waals surface area contributed by atoms with Crippen LogP contribution < -0.4 is 5.73 Å². The zero-order chi connectivity index (χ0) is 12.8. The number of aliphatic hydroxyl groups excluding tert-OH is 1. The van der Waals surface area contributed by atoms with E-state index in [2.05, 4.69) is 0 Å². The number of benzene rings is 1. The van der Waals surface area contributed by atoms with Gasteiger partial charge < -0.3 is 15.3 Å². The summed E-state index contributed by atoms with van der Waals surface area (Å²) in [4.78, 5) is 0. The van der Waals surface area contributed by atoms with Crippen LogP contribution in [0.4, 0.5) is 0 Å². The van der Waals surface area contributed by atoms with Gasteiger partial charge in [0.05, 0.1) is 12.4 Å². The fraction of sp³-hybridized carbons (Fsp3) is 0.333. The molecule has 0 fully saturated rings. The van der Waals surface area contributed by atoms with Crippen molar-refractivity contribution < 1.29 is 9.52 Å². The van der Waals surface area contributed by atoms with Crippen LogP contribution in [0.2, 0.25) is 0 Å². The molecule has 18 heavy (non-hydrogen) atoms. The molecular formula is C15H19NO2. The third kappa shape index (κ3) is 3.22. The SMILES string of the molecule is NCC(c1ccccc1)C(O)CCc1ccco1. The Morgan fingerprint density at radius 2 is 1.89 bits per heavy atom. The van der Waals surface area contributed by atoms with Gasteiger partial charge in [-0.1, -0.05) is 30.3 Å². The lowest BCUT2D eigenvalue weighted by molar-refractivity contribution is 0.134. The van der Waals surface area contributed by atoms with Crippen LogP contribution in [-0.2, 0) is 6.42 Å². The number of aryl methyl sites for hydroxylation is 1. The first-order valence-electron chi connectivity index (χ1n) is 6.26. The van der Waals surface area contributed by atoms with Crippen LogP contribution in [0.3, 0.4) is 0 Å². The smallest absolute Gasteiger partial charge is 0.103 e. The van der Waals surface area contributed by atoms with Gasteiger partial charge in [-0.2, -0.15) is 0 Å². The second-order valence-corrected chi connectivity index (χ2v) is 4.44. The quantitative estimate of drug-likeness (QED) is 0.821. The van der Waals surface area contributed by atoms with E-state index in [-0.39, 0.29) is 5.92 Å². The van der Waals surface area contributed by atoms with Crippen LogP contribution in [0.25, 0.3) is 0 Å². The Bertz CT molecular complexity index is 439. The Morgan fingerprint density at radius 3 is 2.50 bits per heavy atom. The average molecular weight is 245 g/mol. The molecule has 3 heteroatoms. The molecule has 1 heterocycles. The molecule has 2 rings (SSSR count). The molecule has 0 saturated carbocycles. The summed E-state index contributed by atoms with van der Waals surface area (Å²) in [5.74, 6) is 0.888. The summed E-state index contributed by atoms with van der Waals surface area (Å²) in [6.07, 6.45) is 2.60. The molecule has 2 atom stereocenters. The standard InChI is InChI=1S/C15H19NO2/c16-11-14(12-5-2-1-3-6-12)15(17)9-8-13-7-4-10-18-13/h1-7,10,14-15,17H,8-9,11,16H2. The van der Waals surface area contributed by atoms with Crippen LogP contribution >= 0.6 is 0 Å². The van der Waals surface area contributed by atoms with Crippen LogP contribution in [-0.4, -0.2) is 17.8 Å². The summed E-state index contributed by atoms with van der Waals surface area (Å²) in [5.41, 5.74) is 6.86. The van der Waals surface area contributed by atoms with Gasteiger partial charge >= 0.3 is 0 Å². The fourth-order valence-electron chi connectivity index (χ4n) is 2.16. The molecule has 3 nitrogen and oxygen atoms in total. The highest BCUT2D eigenvalue weighted by atomic mass is 16.3. The summed E-state index contributed by atoms with van der Waals surface area (Å²) >= 11 is 0. The summed E-state index contributed by atoms with van der Waals surface area (Å²) in [7, 11) is 0. The molecule has 0 saturated heterocycles. The van der Waals surface area contributed by atoms with E-state index in [0.29, 0.717) is 13.0 Å². The molecule has 2 aromatic rings. The monoisotopic (exact) mass is 245 g/mol. The summed E-state index contributed by atoms with van der Waals surface area (Å²) in [6, 6.07) is 13.7. The van der Waals surface area contributed by atoms with E-state index < -0.39 is 6.10 Å². The van der Waals surface area contributed by atoms with Gasteiger partial charge in [0, 0.05) is 18.9 Å². The second kappa shape index (κ2) is 6.38. The van der Waals surface area contributed by atoms with E-state index in [1.54, 1.807) is 6.26 Å². The van der Waals surface area contributed by atoms with Crippen molar-refractivity contribution in [2.45, 2.75) is 24.9 Å². The van der Waals surface area contributed by atoms with Crippen molar-refractivity contribution in [3.8, 4) is 0 Å². The Morgan fingerprint density at radius 1 is 1.11 bits per heavy atom. The summed E-state index contributed by atoms with van der Waals surface area (Å²) < 4.78 is 5.26. The van der Waals surface area contributed by atoms with Crippen LogP contribution in [0.15, 0.2) is 53.1 Å². The summed E-state index contributed by atoms with van der Waals surface area (Å²) in [5, 5.41) is 10.2. The normalized spacial score (nSPS) is 14.3. The number of nitrogens with two attached hydrogens (primary N) is 1. The minimum absolute atomic E-state index is 0.0128. The molecule has 0 bridgehead atoms.